The van der Waals surface area contributed by atoms with Crippen molar-refractivity contribution in [1.82, 2.24) is 9.97 Å². The van der Waals surface area contributed by atoms with Gasteiger partial charge in [-0.3, -0.25) is 4.72 Å². The standard InChI is InChI=1S/C16H13Cl3N4O4S/c17-11-2-1-3-12(14(11)19)28(24,25)23-15-16(22-13(18)7-21-15)26-8-10-5-4-9(6-20)27-10/h1-5,7H,6,8,20H2,(H,21,23). The zero-order chi connectivity index (χ0) is 20.3. The molecule has 148 valence electrons. The summed E-state index contributed by atoms with van der Waals surface area (Å²) in [7, 11) is -4.12. The maximum atomic E-state index is 12.7. The fourth-order valence-electron chi connectivity index (χ4n) is 2.15. The van der Waals surface area contributed by atoms with Crippen molar-refractivity contribution in [3.63, 3.8) is 0 Å². The van der Waals surface area contributed by atoms with E-state index in [4.69, 9.17) is 49.7 Å². The Kier molecular flexibility index (Phi) is 6.31. The molecule has 0 aliphatic carbocycles. The van der Waals surface area contributed by atoms with Crippen molar-refractivity contribution >= 4 is 50.6 Å². The molecule has 3 rings (SSSR count). The van der Waals surface area contributed by atoms with Crippen molar-refractivity contribution in [2.75, 3.05) is 4.72 Å². The Morgan fingerprint density at radius 1 is 1.14 bits per heavy atom. The molecule has 0 amide bonds. The summed E-state index contributed by atoms with van der Waals surface area (Å²) in [4.78, 5) is 7.68. The highest BCUT2D eigenvalue weighted by atomic mass is 35.5. The summed E-state index contributed by atoms with van der Waals surface area (Å²) < 4.78 is 38.6. The Morgan fingerprint density at radius 3 is 2.61 bits per heavy atom. The van der Waals surface area contributed by atoms with Crippen LogP contribution in [0.25, 0.3) is 0 Å². The SMILES string of the molecule is NCc1ccc(COc2nc(Cl)cnc2NS(=O)(=O)c2cccc(Cl)c2Cl)o1. The van der Waals surface area contributed by atoms with Crippen molar-refractivity contribution < 1.29 is 17.6 Å². The quantitative estimate of drug-likeness (QED) is 0.545. The summed E-state index contributed by atoms with van der Waals surface area (Å²) in [5, 5.41) is -0.0106. The first-order chi connectivity index (χ1) is 13.3. The maximum absolute atomic E-state index is 12.7. The van der Waals surface area contributed by atoms with Gasteiger partial charge in [0.1, 0.15) is 23.0 Å². The fraction of sp³-hybridized carbons (Fsp3) is 0.125. The first kappa shape index (κ1) is 20.7. The first-order valence-corrected chi connectivity index (χ1v) is 10.3. The summed E-state index contributed by atoms with van der Waals surface area (Å²) in [5.41, 5.74) is 5.49. The minimum absolute atomic E-state index is 0.0147. The number of ether oxygens (including phenoxy) is 1. The number of benzene rings is 1. The fourth-order valence-corrected chi connectivity index (χ4v) is 4.04. The molecule has 0 aliphatic rings. The second-order valence-corrected chi connectivity index (χ2v) is 8.19. The molecule has 3 aromatic rings. The molecule has 0 radical (unpaired) electrons. The number of sulfonamides is 1. The van der Waals surface area contributed by atoms with Crippen LogP contribution in [0.3, 0.4) is 0 Å². The molecule has 28 heavy (non-hydrogen) atoms. The number of anilines is 1. The van der Waals surface area contributed by atoms with E-state index in [1.165, 1.54) is 24.4 Å². The van der Waals surface area contributed by atoms with Crippen LogP contribution in [0.1, 0.15) is 11.5 Å². The van der Waals surface area contributed by atoms with Crippen LogP contribution < -0.4 is 15.2 Å². The van der Waals surface area contributed by atoms with Gasteiger partial charge < -0.3 is 14.9 Å². The van der Waals surface area contributed by atoms with Gasteiger partial charge in [0.05, 0.1) is 22.8 Å². The van der Waals surface area contributed by atoms with Crippen LogP contribution in [0.2, 0.25) is 15.2 Å². The second-order valence-electron chi connectivity index (χ2n) is 5.36. The minimum Gasteiger partial charge on any atom is -0.467 e. The topological polar surface area (TPSA) is 120 Å². The van der Waals surface area contributed by atoms with Gasteiger partial charge in [-0.15, -0.1) is 0 Å². The summed E-state index contributed by atoms with van der Waals surface area (Å²) >= 11 is 17.7. The number of aromatic nitrogens is 2. The molecule has 0 fully saturated rings. The van der Waals surface area contributed by atoms with Crippen molar-refractivity contribution in [2.45, 2.75) is 18.0 Å². The van der Waals surface area contributed by atoms with E-state index in [0.717, 1.165) is 0 Å². The lowest BCUT2D eigenvalue weighted by Crippen LogP contribution is -2.16. The average molecular weight is 464 g/mol. The normalized spacial score (nSPS) is 11.4. The van der Waals surface area contributed by atoms with Crippen LogP contribution in [-0.2, 0) is 23.2 Å². The first-order valence-electron chi connectivity index (χ1n) is 7.70. The Bertz CT molecular complexity index is 1110. The number of nitrogens with zero attached hydrogens (tertiary/aromatic N) is 2. The molecule has 2 aromatic heterocycles. The maximum Gasteiger partial charge on any atom is 0.264 e. The molecule has 8 nitrogen and oxygen atoms in total. The zero-order valence-electron chi connectivity index (χ0n) is 14.0. The van der Waals surface area contributed by atoms with Crippen LogP contribution in [-0.4, -0.2) is 18.4 Å². The van der Waals surface area contributed by atoms with Gasteiger partial charge in [0.2, 0.25) is 5.82 Å². The molecular formula is C16H13Cl3N4O4S. The predicted octanol–water partition coefficient (Wildman–Crippen LogP) is 3.87. The monoisotopic (exact) mass is 462 g/mol. The Hall–Kier alpha value is -2.04. The summed E-state index contributed by atoms with van der Waals surface area (Å²) in [6.07, 6.45) is 1.17. The van der Waals surface area contributed by atoms with Crippen molar-refractivity contribution in [3.8, 4) is 5.88 Å². The van der Waals surface area contributed by atoms with Gasteiger partial charge in [-0.25, -0.2) is 13.4 Å². The van der Waals surface area contributed by atoms with Crippen LogP contribution in [0.15, 0.2) is 45.8 Å². The van der Waals surface area contributed by atoms with E-state index >= 15 is 0 Å². The highest BCUT2D eigenvalue weighted by Crippen LogP contribution is 2.31. The van der Waals surface area contributed by atoms with Crippen molar-refractivity contribution in [1.29, 1.82) is 0 Å². The molecule has 0 unspecified atom stereocenters. The highest BCUT2D eigenvalue weighted by molar-refractivity contribution is 7.92. The highest BCUT2D eigenvalue weighted by Gasteiger charge is 2.23. The molecule has 0 atom stereocenters. The molecule has 0 saturated heterocycles. The van der Waals surface area contributed by atoms with E-state index < -0.39 is 10.0 Å². The van der Waals surface area contributed by atoms with E-state index in [-0.39, 0.29) is 44.9 Å². The van der Waals surface area contributed by atoms with Gasteiger partial charge in [-0.2, -0.15) is 4.98 Å². The van der Waals surface area contributed by atoms with Crippen molar-refractivity contribution in [3.05, 3.63) is 63.2 Å². The smallest absolute Gasteiger partial charge is 0.264 e. The molecule has 3 N–H and O–H groups in total. The van der Waals surface area contributed by atoms with E-state index in [2.05, 4.69) is 14.7 Å². The van der Waals surface area contributed by atoms with Crippen LogP contribution in [0.4, 0.5) is 5.82 Å². The average Bonchev–Trinajstić information content (AvgIpc) is 3.12. The number of nitrogens with one attached hydrogen (secondary N) is 1. The lowest BCUT2D eigenvalue weighted by molar-refractivity contribution is 0.257. The third kappa shape index (κ3) is 4.68. The molecule has 0 aliphatic heterocycles. The number of furan rings is 1. The Morgan fingerprint density at radius 2 is 1.89 bits per heavy atom. The molecular weight excluding hydrogens is 451 g/mol. The van der Waals surface area contributed by atoms with Crippen molar-refractivity contribution in [2.24, 2.45) is 5.73 Å². The number of nitrogens with two attached hydrogens (primary N) is 1. The Balaban J connectivity index is 1.86. The third-order valence-electron chi connectivity index (χ3n) is 3.42. The molecule has 2 heterocycles. The lowest BCUT2D eigenvalue weighted by atomic mass is 10.4. The summed E-state index contributed by atoms with van der Waals surface area (Å²) in [6, 6.07) is 7.61. The van der Waals surface area contributed by atoms with Gasteiger partial charge in [-0.05, 0) is 24.3 Å². The van der Waals surface area contributed by atoms with Gasteiger partial charge in [-0.1, -0.05) is 40.9 Å². The number of hydrogen-bond donors (Lipinski definition) is 2. The summed E-state index contributed by atoms with van der Waals surface area (Å²) in [6.45, 7) is 0.198. The number of rotatable bonds is 7. The molecule has 0 bridgehead atoms. The van der Waals surface area contributed by atoms with Gasteiger partial charge in [0.25, 0.3) is 15.9 Å². The van der Waals surface area contributed by atoms with E-state index in [9.17, 15) is 8.42 Å². The van der Waals surface area contributed by atoms with Crippen LogP contribution in [0.5, 0.6) is 5.88 Å². The van der Waals surface area contributed by atoms with E-state index in [0.29, 0.717) is 11.5 Å². The predicted molar refractivity (Wildman–Crippen MR) is 105 cm³/mol. The molecule has 12 heteroatoms. The van der Waals surface area contributed by atoms with E-state index in [1.807, 2.05) is 0 Å². The summed E-state index contributed by atoms with van der Waals surface area (Å²) in [5.74, 6) is 0.729. The van der Waals surface area contributed by atoms with Gasteiger partial charge >= 0.3 is 0 Å². The largest absolute Gasteiger partial charge is 0.467 e. The van der Waals surface area contributed by atoms with E-state index in [1.54, 1.807) is 12.1 Å². The number of hydrogen-bond acceptors (Lipinski definition) is 7. The third-order valence-corrected chi connectivity index (χ3v) is 5.91. The molecule has 0 saturated carbocycles. The van der Waals surface area contributed by atoms with Gasteiger partial charge in [0, 0.05) is 0 Å². The second kappa shape index (κ2) is 8.54. The lowest BCUT2D eigenvalue weighted by Gasteiger charge is -2.12. The van der Waals surface area contributed by atoms with Crippen LogP contribution >= 0.6 is 34.8 Å². The van der Waals surface area contributed by atoms with Gasteiger partial charge in [0.15, 0.2) is 5.15 Å². The Labute approximate surface area is 175 Å². The molecule has 0 spiro atoms. The molecule has 1 aromatic carbocycles. The number of halogens is 3. The zero-order valence-corrected chi connectivity index (χ0v) is 17.1. The minimum atomic E-state index is -4.12. The van der Waals surface area contributed by atoms with Crippen LogP contribution in [0, 0.1) is 0 Å².